The zero-order valence-corrected chi connectivity index (χ0v) is 11.2. The first-order valence-corrected chi connectivity index (χ1v) is 6.81. The molecule has 2 aliphatic rings. The third-order valence-electron chi connectivity index (χ3n) is 3.94. The van der Waals surface area contributed by atoms with Gasteiger partial charge in [0.15, 0.2) is 0 Å². The van der Waals surface area contributed by atoms with Gasteiger partial charge in [-0.05, 0) is 11.6 Å². The van der Waals surface area contributed by atoms with E-state index in [0.717, 1.165) is 25.2 Å². The van der Waals surface area contributed by atoms with Crippen LogP contribution >= 0.6 is 0 Å². The van der Waals surface area contributed by atoms with Crippen molar-refractivity contribution in [2.75, 3.05) is 26.2 Å². The summed E-state index contributed by atoms with van der Waals surface area (Å²) < 4.78 is 0. The SMILES string of the molecule is NC(=O)c1ccccc1CN1CC2CNCCN2C1=O. The molecule has 0 saturated carbocycles. The number of hydrogen-bond acceptors (Lipinski definition) is 3. The lowest BCUT2D eigenvalue weighted by Crippen LogP contribution is -2.49. The first-order valence-electron chi connectivity index (χ1n) is 6.81. The van der Waals surface area contributed by atoms with Gasteiger partial charge in [-0.3, -0.25) is 4.79 Å². The molecule has 3 N–H and O–H groups in total. The number of carbonyl (C=O) groups excluding carboxylic acids is 2. The summed E-state index contributed by atoms with van der Waals surface area (Å²) in [5.74, 6) is -0.452. The average molecular weight is 274 g/mol. The minimum absolute atomic E-state index is 0.0516. The highest BCUT2D eigenvalue weighted by molar-refractivity contribution is 5.94. The highest BCUT2D eigenvalue weighted by Crippen LogP contribution is 2.21. The summed E-state index contributed by atoms with van der Waals surface area (Å²) in [6.07, 6.45) is 0. The topological polar surface area (TPSA) is 78.7 Å². The number of benzene rings is 1. The first kappa shape index (κ1) is 12.9. The van der Waals surface area contributed by atoms with Crippen molar-refractivity contribution in [3.05, 3.63) is 35.4 Å². The van der Waals surface area contributed by atoms with Crippen molar-refractivity contribution in [2.24, 2.45) is 5.73 Å². The second-order valence-electron chi connectivity index (χ2n) is 5.24. The quantitative estimate of drug-likeness (QED) is 0.814. The van der Waals surface area contributed by atoms with Crippen molar-refractivity contribution < 1.29 is 9.59 Å². The maximum Gasteiger partial charge on any atom is 0.320 e. The van der Waals surface area contributed by atoms with Gasteiger partial charge in [0.05, 0.1) is 6.04 Å². The Balaban J connectivity index is 1.79. The number of nitrogens with one attached hydrogen (secondary N) is 1. The molecule has 6 nitrogen and oxygen atoms in total. The number of nitrogens with zero attached hydrogens (tertiary/aromatic N) is 2. The smallest absolute Gasteiger partial charge is 0.320 e. The number of carbonyl (C=O) groups is 2. The molecular formula is C14H18N4O2. The molecule has 3 rings (SSSR count). The Bertz CT molecular complexity index is 546. The summed E-state index contributed by atoms with van der Waals surface area (Å²) in [6, 6.07) is 7.48. The molecule has 1 aromatic rings. The van der Waals surface area contributed by atoms with Crippen molar-refractivity contribution in [3.63, 3.8) is 0 Å². The first-order chi connectivity index (χ1) is 9.66. The number of piperazine rings is 1. The number of fused-ring (bicyclic) bond motifs is 1. The number of primary amides is 1. The molecule has 2 heterocycles. The molecule has 0 bridgehead atoms. The van der Waals surface area contributed by atoms with Gasteiger partial charge in [0, 0.05) is 38.3 Å². The zero-order valence-electron chi connectivity index (χ0n) is 11.2. The summed E-state index contributed by atoms with van der Waals surface area (Å²) in [6.45, 7) is 3.55. The monoisotopic (exact) mass is 274 g/mol. The van der Waals surface area contributed by atoms with E-state index >= 15 is 0 Å². The maximum atomic E-state index is 12.3. The lowest BCUT2D eigenvalue weighted by atomic mass is 10.1. The third kappa shape index (κ3) is 2.22. The van der Waals surface area contributed by atoms with Crippen LogP contribution in [-0.2, 0) is 6.54 Å². The maximum absolute atomic E-state index is 12.3. The molecule has 2 saturated heterocycles. The molecule has 1 unspecified atom stereocenters. The summed E-state index contributed by atoms with van der Waals surface area (Å²) in [7, 11) is 0. The van der Waals surface area contributed by atoms with Gasteiger partial charge in [0.1, 0.15) is 0 Å². The van der Waals surface area contributed by atoms with Crippen LogP contribution in [-0.4, -0.2) is 54.0 Å². The van der Waals surface area contributed by atoms with Crippen LogP contribution in [0.1, 0.15) is 15.9 Å². The molecule has 0 aromatic heterocycles. The van der Waals surface area contributed by atoms with Gasteiger partial charge in [-0.15, -0.1) is 0 Å². The lowest BCUT2D eigenvalue weighted by Gasteiger charge is -2.28. The molecule has 106 valence electrons. The summed E-state index contributed by atoms with van der Waals surface area (Å²) >= 11 is 0. The largest absolute Gasteiger partial charge is 0.366 e. The molecule has 2 aliphatic heterocycles. The van der Waals surface area contributed by atoms with Crippen LogP contribution in [0.3, 0.4) is 0 Å². The summed E-state index contributed by atoms with van der Waals surface area (Å²) in [4.78, 5) is 27.5. The molecule has 20 heavy (non-hydrogen) atoms. The van der Waals surface area contributed by atoms with Gasteiger partial charge < -0.3 is 20.9 Å². The fraction of sp³-hybridized carbons (Fsp3) is 0.429. The van der Waals surface area contributed by atoms with Crippen molar-refractivity contribution in [3.8, 4) is 0 Å². The standard InChI is InChI=1S/C14H18N4O2/c15-13(19)12-4-2-1-3-10(12)8-17-9-11-7-16-5-6-18(11)14(17)20/h1-4,11,16H,5-9H2,(H2,15,19). The summed E-state index contributed by atoms with van der Waals surface area (Å²) in [5.41, 5.74) is 6.67. The Labute approximate surface area is 117 Å². The van der Waals surface area contributed by atoms with E-state index in [1.807, 2.05) is 17.0 Å². The number of urea groups is 1. The number of nitrogens with two attached hydrogens (primary N) is 1. The Morgan fingerprint density at radius 3 is 2.95 bits per heavy atom. The second kappa shape index (κ2) is 5.13. The Hall–Kier alpha value is -2.08. The van der Waals surface area contributed by atoms with Crippen LogP contribution in [0.5, 0.6) is 0 Å². The molecule has 1 aromatic carbocycles. The van der Waals surface area contributed by atoms with Crippen LogP contribution in [0.4, 0.5) is 4.79 Å². The van der Waals surface area contributed by atoms with Gasteiger partial charge in [-0.25, -0.2) is 4.79 Å². The van der Waals surface area contributed by atoms with Crippen molar-refractivity contribution >= 4 is 11.9 Å². The molecular weight excluding hydrogens is 256 g/mol. The fourth-order valence-corrected chi connectivity index (χ4v) is 2.93. The van der Waals surface area contributed by atoms with E-state index in [9.17, 15) is 9.59 Å². The van der Waals surface area contributed by atoms with Crippen molar-refractivity contribution in [1.29, 1.82) is 0 Å². The molecule has 0 aliphatic carbocycles. The number of amides is 3. The van der Waals surface area contributed by atoms with E-state index in [1.54, 1.807) is 17.0 Å². The molecule has 0 spiro atoms. The Kier molecular flexibility index (Phi) is 3.31. The molecule has 2 fully saturated rings. The van der Waals surface area contributed by atoms with Crippen LogP contribution in [0.15, 0.2) is 24.3 Å². The third-order valence-corrected chi connectivity index (χ3v) is 3.94. The van der Waals surface area contributed by atoms with Gasteiger partial charge in [0.2, 0.25) is 5.91 Å². The van der Waals surface area contributed by atoms with E-state index in [0.29, 0.717) is 18.7 Å². The van der Waals surface area contributed by atoms with Crippen LogP contribution in [0.25, 0.3) is 0 Å². The Morgan fingerprint density at radius 1 is 1.40 bits per heavy atom. The van der Waals surface area contributed by atoms with E-state index in [-0.39, 0.29) is 12.1 Å². The Morgan fingerprint density at radius 2 is 2.20 bits per heavy atom. The zero-order chi connectivity index (χ0) is 14.1. The normalized spacial score (nSPS) is 22.0. The highest BCUT2D eigenvalue weighted by atomic mass is 16.2. The predicted molar refractivity (Wildman–Crippen MR) is 74.1 cm³/mol. The number of hydrogen-bond donors (Lipinski definition) is 2. The van der Waals surface area contributed by atoms with Crippen LogP contribution in [0.2, 0.25) is 0 Å². The van der Waals surface area contributed by atoms with Crippen molar-refractivity contribution in [2.45, 2.75) is 12.6 Å². The summed E-state index contributed by atoms with van der Waals surface area (Å²) in [5, 5.41) is 3.30. The highest BCUT2D eigenvalue weighted by Gasteiger charge is 2.38. The molecule has 3 amide bonds. The van der Waals surface area contributed by atoms with Gasteiger partial charge in [0.25, 0.3) is 0 Å². The van der Waals surface area contributed by atoms with Gasteiger partial charge in [-0.2, -0.15) is 0 Å². The van der Waals surface area contributed by atoms with Gasteiger partial charge >= 0.3 is 6.03 Å². The van der Waals surface area contributed by atoms with Crippen LogP contribution < -0.4 is 11.1 Å². The van der Waals surface area contributed by atoms with Crippen molar-refractivity contribution in [1.82, 2.24) is 15.1 Å². The molecule has 1 atom stereocenters. The van der Waals surface area contributed by atoms with E-state index in [4.69, 9.17) is 5.73 Å². The number of rotatable bonds is 3. The minimum atomic E-state index is -0.452. The average Bonchev–Trinajstić information content (AvgIpc) is 2.76. The van der Waals surface area contributed by atoms with E-state index < -0.39 is 5.91 Å². The van der Waals surface area contributed by atoms with E-state index in [2.05, 4.69) is 5.32 Å². The minimum Gasteiger partial charge on any atom is -0.366 e. The fourth-order valence-electron chi connectivity index (χ4n) is 2.93. The predicted octanol–water partition coefficient (Wildman–Crippen LogP) is -0.00510. The van der Waals surface area contributed by atoms with Gasteiger partial charge in [-0.1, -0.05) is 18.2 Å². The second-order valence-corrected chi connectivity index (χ2v) is 5.24. The molecule has 6 heteroatoms. The van der Waals surface area contributed by atoms with E-state index in [1.165, 1.54) is 0 Å². The molecule has 0 radical (unpaired) electrons. The van der Waals surface area contributed by atoms with Crippen LogP contribution in [0, 0.1) is 0 Å². The lowest BCUT2D eigenvalue weighted by molar-refractivity contribution is 0.0998.